The Morgan fingerprint density at radius 1 is 1.00 bits per heavy atom. The van der Waals surface area contributed by atoms with Crippen LogP contribution in [0.3, 0.4) is 0 Å². The van der Waals surface area contributed by atoms with Crippen molar-refractivity contribution < 1.29 is 0 Å². The molecule has 1 aliphatic carbocycles. The highest BCUT2D eigenvalue weighted by Gasteiger charge is 2.18. The number of nitrogens with zero attached hydrogens (tertiary/aromatic N) is 2. The lowest BCUT2D eigenvalue weighted by Crippen LogP contribution is -2.26. The summed E-state index contributed by atoms with van der Waals surface area (Å²) >= 11 is 5.41. The highest BCUT2D eigenvalue weighted by molar-refractivity contribution is 7.71. The summed E-state index contributed by atoms with van der Waals surface area (Å²) in [6, 6.07) is 0. The summed E-state index contributed by atoms with van der Waals surface area (Å²) in [6.07, 6.45) is 8.73. The van der Waals surface area contributed by atoms with Crippen molar-refractivity contribution in [1.29, 1.82) is 0 Å². The SMILES string of the molecule is S=c1nc(N2CCCCCC2)[nH]c2c1CCC2. The molecule has 4 heteroatoms. The van der Waals surface area contributed by atoms with E-state index < -0.39 is 0 Å². The van der Waals surface area contributed by atoms with Gasteiger partial charge in [0.2, 0.25) is 5.95 Å². The molecule has 3 rings (SSSR count). The summed E-state index contributed by atoms with van der Waals surface area (Å²) in [7, 11) is 0. The average Bonchev–Trinajstić information content (AvgIpc) is 2.63. The molecule has 1 fully saturated rings. The van der Waals surface area contributed by atoms with Gasteiger partial charge in [-0.3, -0.25) is 0 Å². The largest absolute Gasteiger partial charge is 0.342 e. The number of aromatic amines is 1. The molecule has 0 aromatic carbocycles. The van der Waals surface area contributed by atoms with Crippen LogP contribution >= 0.6 is 12.2 Å². The smallest absolute Gasteiger partial charge is 0.204 e. The van der Waals surface area contributed by atoms with E-state index in [2.05, 4.69) is 14.9 Å². The van der Waals surface area contributed by atoms with E-state index in [1.165, 1.54) is 43.4 Å². The predicted molar refractivity (Wildman–Crippen MR) is 72.1 cm³/mol. The number of rotatable bonds is 1. The molecule has 17 heavy (non-hydrogen) atoms. The standard InChI is InChI=1S/C13H19N3S/c17-12-10-6-5-7-11(10)14-13(15-12)16-8-3-1-2-4-9-16/h1-9H2,(H,14,15,17). The van der Waals surface area contributed by atoms with Gasteiger partial charge >= 0.3 is 0 Å². The van der Waals surface area contributed by atoms with Gasteiger partial charge in [-0.2, -0.15) is 0 Å². The summed E-state index contributed by atoms with van der Waals surface area (Å²) in [6.45, 7) is 2.24. The van der Waals surface area contributed by atoms with Crippen molar-refractivity contribution in [2.45, 2.75) is 44.9 Å². The monoisotopic (exact) mass is 249 g/mol. The van der Waals surface area contributed by atoms with Crippen LogP contribution in [-0.2, 0) is 12.8 Å². The molecule has 1 aliphatic heterocycles. The molecule has 0 atom stereocenters. The van der Waals surface area contributed by atoms with Crippen LogP contribution in [0.5, 0.6) is 0 Å². The van der Waals surface area contributed by atoms with Crippen molar-refractivity contribution in [2.75, 3.05) is 18.0 Å². The minimum Gasteiger partial charge on any atom is -0.342 e. The first kappa shape index (κ1) is 11.2. The van der Waals surface area contributed by atoms with E-state index in [0.717, 1.165) is 36.5 Å². The number of aromatic nitrogens is 2. The second kappa shape index (κ2) is 4.77. The van der Waals surface area contributed by atoms with Crippen molar-refractivity contribution in [1.82, 2.24) is 9.97 Å². The Labute approximate surface area is 107 Å². The van der Waals surface area contributed by atoms with Gasteiger partial charge in [-0.15, -0.1) is 0 Å². The fourth-order valence-electron chi connectivity index (χ4n) is 2.88. The molecule has 2 heterocycles. The quantitative estimate of drug-likeness (QED) is 0.776. The molecule has 92 valence electrons. The fraction of sp³-hybridized carbons (Fsp3) is 0.692. The second-order valence-corrected chi connectivity index (χ2v) is 5.46. The third kappa shape index (κ3) is 2.23. The van der Waals surface area contributed by atoms with Gasteiger partial charge in [-0.1, -0.05) is 25.1 Å². The van der Waals surface area contributed by atoms with Crippen LogP contribution < -0.4 is 4.90 Å². The molecule has 0 saturated carbocycles. The molecular weight excluding hydrogens is 230 g/mol. The van der Waals surface area contributed by atoms with E-state index in [1.54, 1.807) is 0 Å². The average molecular weight is 249 g/mol. The maximum Gasteiger partial charge on any atom is 0.204 e. The Bertz CT molecular complexity index is 458. The molecule has 3 nitrogen and oxygen atoms in total. The zero-order chi connectivity index (χ0) is 11.7. The van der Waals surface area contributed by atoms with E-state index in [-0.39, 0.29) is 0 Å². The van der Waals surface area contributed by atoms with Crippen molar-refractivity contribution in [2.24, 2.45) is 0 Å². The van der Waals surface area contributed by atoms with Gasteiger partial charge in [0.05, 0.1) is 0 Å². The Morgan fingerprint density at radius 3 is 2.53 bits per heavy atom. The first-order valence-corrected chi connectivity index (χ1v) is 7.12. The summed E-state index contributed by atoms with van der Waals surface area (Å²) in [5.41, 5.74) is 2.63. The molecule has 0 amide bonds. The minimum absolute atomic E-state index is 0.829. The third-order valence-corrected chi connectivity index (χ3v) is 4.19. The molecule has 1 aromatic rings. The summed E-state index contributed by atoms with van der Waals surface area (Å²) in [5.74, 6) is 1.01. The Kier molecular flexibility index (Phi) is 3.14. The maximum atomic E-state index is 5.41. The number of hydrogen-bond acceptors (Lipinski definition) is 3. The molecule has 0 spiro atoms. The van der Waals surface area contributed by atoms with E-state index in [9.17, 15) is 0 Å². The van der Waals surface area contributed by atoms with Crippen molar-refractivity contribution in [3.05, 3.63) is 15.9 Å². The summed E-state index contributed by atoms with van der Waals surface area (Å²) in [4.78, 5) is 10.5. The Hall–Kier alpha value is -0.900. The molecular formula is C13H19N3S. The van der Waals surface area contributed by atoms with Crippen LogP contribution in [0.25, 0.3) is 0 Å². The summed E-state index contributed by atoms with van der Waals surface area (Å²) < 4.78 is 0.829. The van der Waals surface area contributed by atoms with Gasteiger partial charge in [0.25, 0.3) is 0 Å². The lowest BCUT2D eigenvalue weighted by Gasteiger charge is -2.21. The molecule has 2 aliphatic rings. The molecule has 1 saturated heterocycles. The molecule has 0 bridgehead atoms. The van der Waals surface area contributed by atoms with E-state index in [1.807, 2.05) is 0 Å². The minimum atomic E-state index is 0.829. The fourth-order valence-corrected chi connectivity index (χ4v) is 3.19. The molecule has 0 radical (unpaired) electrons. The van der Waals surface area contributed by atoms with Crippen LogP contribution in [0.2, 0.25) is 0 Å². The van der Waals surface area contributed by atoms with Crippen LogP contribution in [0, 0.1) is 4.64 Å². The normalized spacial score (nSPS) is 20.1. The Morgan fingerprint density at radius 2 is 1.76 bits per heavy atom. The molecule has 0 unspecified atom stereocenters. The van der Waals surface area contributed by atoms with E-state index in [4.69, 9.17) is 12.2 Å². The van der Waals surface area contributed by atoms with Crippen molar-refractivity contribution in [3.63, 3.8) is 0 Å². The van der Waals surface area contributed by atoms with Gasteiger partial charge < -0.3 is 9.88 Å². The van der Waals surface area contributed by atoms with Crippen LogP contribution in [-0.4, -0.2) is 23.1 Å². The van der Waals surface area contributed by atoms with E-state index >= 15 is 0 Å². The highest BCUT2D eigenvalue weighted by Crippen LogP contribution is 2.24. The number of nitrogens with one attached hydrogen (secondary N) is 1. The predicted octanol–water partition coefficient (Wildman–Crippen LogP) is 3.01. The summed E-state index contributed by atoms with van der Waals surface area (Å²) in [5, 5.41) is 0. The number of H-pyrrole nitrogens is 1. The van der Waals surface area contributed by atoms with Crippen LogP contribution in [0.1, 0.15) is 43.4 Å². The second-order valence-electron chi connectivity index (χ2n) is 5.08. The lowest BCUT2D eigenvalue weighted by atomic mass is 10.2. The highest BCUT2D eigenvalue weighted by atomic mass is 32.1. The van der Waals surface area contributed by atoms with Gasteiger partial charge in [-0.05, 0) is 32.1 Å². The van der Waals surface area contributed by atoms with Gasteiger partial charge in [0.15, 0.2) is 0 Å². The number of hydrogen-bond donors (Lipinski definition) is 1. The van der Waals surface area contributed by atoms with Crippen molar-refractivity contribution in [3.8, 4) is 0 Å². The van der Waals surface area contributed by atoms with Crippen molar-refractivity contribution >= 4 is 18.2 Å². The third-order valence-electron chi connectivity index (χ3n) is 3.85. The molecule has 1 aromatic heterocycles. The van der Waals surface area contributed by atoms with Gasteiger partial charge in [0.1, 0.15) is 4.64 Å². The first-order chi connectivity index (χ1) is 8.34. The van der Waals surface area contributed by atoms with Crippen LogP contribution in [0.4, 0.5) is 5.95 Å². The number of fused-ring (bicyclic) bond motifs is 1. The lowest BCUT2D eigenvalue weighted by molar-refractivity contribution is 0.726. The van der Waals surface area contributed by atoms with E-state index in [0.29, 0.717) is 0 Å². The zero-order valence-electron chi connectivity index (χ0n) is 10.2. The first-order valence-electron chi connectivity index (χ1n) is 6.71. The maximum absolute atomic E-state index is 5.41. The number of anilines is 1. The van der Waals surface area contributed by atoms with Crippen LogP contribution in [0.15, 0.2) is 0 Å². The van der Waals surface area contributed by atoms with Gasteiger partial charge in [-0.25, -0.2) is 4.98 Å². The topological polar surface area (TPSA) is 31.9 Å². The zero-order valence-corrected chi connectivity index (χ0v) is 11.0. The van der Waals surface area contributed by atoms with Gasteiger partial charge in [0, 0.05) is 24.3 Å². The number of aryl methyl sites for hydroxylation is 1. The Balaban J connectivity index is 1.92. The molecule has 1 N–H and O–H groups in total.